The molecule has 2 heterocycles. The summed E-state index contributed by atoms with van der Waals surface area (Å²) in [4.78, 5) is 26.6. The molecule has 6 heteroatoms. The predicted octanol–water partition coefficient (Wildman–Crippen LogP) is 3.63. The second kappa shape index (κ2) is 8.28. The van der Waals surface area contributed by atoms with Crippen LogP contribution >= 0.6 is 11.3 Å². The van der Waals surface area contributed by atoms with Crippen molar-refractivity contribution in [1.82, 2.24) is 0 Å². The molecule has 0 bridgehead atoms. The summed E-state index contributed by atoms with van der Waals surface area (Å²) in [6.07, 6.45) is 1.80. The minimum Gasteiger partial charge on any atom is -0.462 e. The average molecular weight is 416 g/mol. The molecule has 0 atom stereocenters. The predicted molar refractivity (Wildman–Crippen MR) is 116 cm³/mol. The van der Waals surface area contributed by atoms with Crippen LogP contribution in [-0.2, 0) is 27.9 Å². The van der Waals surface area contributed by atoms with Crippen molar-refractivity contribution in [3.05, 3.63) is 51.9 Å². The van der Waals surface area contributed by atoms with Gasteiger partial charge in [-0.2, -0.15) is 0 Å². The molecule has 3 rings (SSSR count). The number of benzene rings is 1. The van der Waals surface area contributed by atoms with Gasteiger partial charge in [-0.15, -0.1) is 11.3 Å². The lowest BCUT2D eigenvalue weighted by atomic mass is 9.81. The Hall–Kier alpha value is -2.18. The smallest absolute Gasteiger partial charge is 0.341 e. The number of carbonyl (C=O) groups is 2. The van der Waals surface area contributed by atoms with Crippen LogP contribution in [0.4, 0.5) is 5.00 Å². The number of quaternary nitrogens is 1. The van der Waals surface area contributed by atoms with E-state index in [-0.39, 0.29) is 23.0 Å². The fourth-order valence-corrected chi connectivity index (χ4v) is 5.60. The van der Waals surface area contributed by atoms with Crippen LogP contribution in [0.25, 0.3) is 0 Å². The first kappa shape index (κ1) is 21.5. The maximum Gasteiger partial charge on any atom is 0.341 e. The number of fused-ring (bicyclic) bond motifs is 1. The fourth-order valence-electron chi connectivity index (χ4n) is 4.30. The maximum atomic E-state index is 12.8. The highest BCUT2D eigenvalue weighted by Crippen LogP contribution is 2.42. The lowest BCUT2D eigenvalue weighted by Gasteiger charge is -2.38. The zero-order valence-electron chi connectivity index (χ0n) is 17.9. The molecule has 156 valence electrons. The molecular weight excluding hydrogens is 384 g/mol. The molecule has 29 heavy (non-hydrogen) atoms. The third-order valence-electron chi connectivity index (χ3n) is 5.19. The van der Waals surface area contributed by atoms with E-state index in [1.165, 1.54) is 11.3 Å². The van der Waals surface area contributed by atoms with E-state index in [1.807, 2.05) is 30.3 Å². The van der Waals surface area contributed by atoms with Gasteiger partial charge in [0.25, 0.3) is 0 Å². The van der Waals surface area contributed by atoms with Gasteiger partial charge in [-0.3, -0.25) is 4.79 Å². The third-order valence-corrected chi connectivity index (χ3v) is 6.68. The number of hydrogen-bond acceptors (Lipinski definition) is 4. The van der Waals surface area contributed by atoms with Crippen LogP contribution in [0.2, 0.25) is 0 Å². The second-order valence-corrected chi connectivity index (χ2v) is 9.92. The van der Waals surface area contributed by atoms with Gasteiger partial charge in [0.2, 0.25) is 5.91 Å². The molecule has 0 fully saturated rings. The number of aryl methyl sites for hydroxylation is 1. The second-order valence-electron chi connectivity index (χ2n) is 8.90. The Morgan fingerprint density at radius 3 is 2.52 bits per heavy atom. The van der Waals surface area contributed by atoms with Crippen molar-refractivity contribution in [3.8, 4) is 0 Å². The molecule has 1 aliphatic heterocycles. The van der Waals surface area contributed by atoms with Crippen molar-refractivity contribution in [2.45, 2.75) is 65.0 Å². The zero-order chi connectivity index (χ0) is 21.2. The number of carbonyl (C=O) groups excluding carboxylic acids is 2. The van der Waals surface area contributed by atoms with Crippen molar-refractivity contribution < 1.29 is 19.6 Å². The van der Waals surface area contributed by atoms with E-state index < -0.39 is 0 Å². The monoisotopic (exact) mass is 415 g/mol. The summed E-state index contributed by atoms with van der Waals surface area (Å²) in [5.74, 6) is -0.434. The average Bonchev–Trinajstić information content (AvgIpc) is 2.98. The van der Waals surface area contributed by atoms with Crippen LogP contribution in [0.5, 0.6) is 0 Å². The first-order valence-corrected chi connectivity index (χ1v) is 11.0. The molecule has 1 amide bonds. The summed E-state index contributed by atoms with van der Waals surface area (Å²) in [5, 5.41) is 5.97. The number of ether oxygens (including phenoxy) is 1. The van der Waals surface area contributed by atoms with E-state index >= 15 is 0 Å². The topological polar surface area (TPSA) is 72.0 Å². The number of nitrogens with one attached hydrogen (secondary N) is 1. The summed E-state index contributed by atoms with van der Waals surface area (Å²) in [6, 6.07) is 9.94. The van der Waals surface area contributed by atoms with Crippen LogP contribution in [-0.4, -0.2) is 24.0 Å². The normalized spacial score (nSPS) is 16.7. The Balaban J connectivity index is 1.89. The van der Waals surface area contributed by atoms with E-state index in [0.29, 0.717) is 30.0 Å². The third kappa shape index (κ3) is 4.87. The van der Waals surface area contributed by atoms with Gasteiger partial charge < -0.3 is 15.4 Å². The molecule has 1 aliphatic rings. The summed E-state index contributed by atoms with van der Waals surface area (Å²) >= 11 is 1.51. The summed E-state index contributed by atoms with van der Waals surface area (Å²) in [5.41, 5.74) is 2.47. The maximum absolute atomic E-state index is 12.8. The first-order chi connectivity index (χ1) is 13.6. The molecule has 3 N–H and O–H groups in total. The first-order valence-electron chi connectivity index (χ1n) is 10.2. The van der Waals surface area contributed by atoms with E-state index in [0.717, 1.165) is 22.4 Å². The quantitative estimate of drug-likeness (QED) is 0.708. The molecule has 1 aromatic heterocycles. The van der Waals surface area contributed by atoms with Crippen molar-refractivity contribution in [3.63, 3.8) is 0 Å². The van der Waals surface area contributed by atoms with E-state index in [4.69, 9.17) is 4.74 Å². The summed E-state index contributed by atoms with van der Waals surface area (Å²) in [7, 11) is 0. The number of esters is 1. The van der Waals surface area contributed by atoms with Crippen LogP contribution < -0.4 is 10.6 Å². The molecule has 0 radical (unpaired) electrons. The van der Waals surface area contributed by atoms with Crippen LogP contribution in [0.1, 0.15) is 67.4 Å². The van der Waals surface area contributed by atoms with Gasteiger partial charge >= 0.3 is 5.97 Å². The Morgan fingerprint density at radius 1 is 1.17 bits per heavy atom. The lowest BCUT2D eigenvalue weighted by molar-refractivity contribution is -0.789. The standard InChI is InChI=1S/C23H30N2O3S/c1-6-28-21(27)18-16-14-22(2,3)25-23(4,5)19(16)29-20(18)24-17(26)13-12-15-10-8-7-9-11-15/h7-11,25H,6,12-14H2,1-5H3,(H,24,26)/p+1. The van der Waals surface area contributed by atoms with Gasteiger partial charge in [0.15, 0.2) is 0 Å². The van der Waals surface area contributed by atoms with Gasteiger partial charge in [0.05, 0.1) is 22.6 Å². The highest BCUT2D eigenvalue weighted by Gasteiger charge is 2.45. The minimum atomic E-state index is -0.350. The Morgan fingerprint density at radius 2 is 1.86 bits per heavy atom. The minimum absolute atomic E-state index is 0.0343. The van der Waals surface area contributed by atoms with E-state index in [9.17, 15) is 9.59 Å². The van der Waals surface area contributed by atoms with Crippen LogP contribution in [0.15, 0.2) is 30.3 Å². The van der Waals surface area contributed by atoms with Gasteiger partial charge in [-0.1, -0.05) is 30.3 Å². The fraction of sp³-hybridized carbons (Fsp3) is 0.478. The Labute approximate surface area is 176 Å². The molecule has 0 spiro atoms. The number of anilines is 1. The van der Waals surface area contributed by atoms with Gasteiger partial charge in [-0.05, 0) is 52.2 Å². The van der Waals surface area contributed by atoms with Crippen LogP contribution in [0.3, 0.4) is 0 Å². The Bertz CT molecular complexity index is 900. The number of amides is 1. The van der Waals surface area contributed by atoms with Crippen molar-refractivity contribution in [2.24, 2.45) is 0 Å². The number of thiophene rings is 1. The lowest BCUT2D eigenvalue weighted by Crippen LogP contribution is -3.03. The summed E-state index contributed by atoms with van der Waals surface area (Å²) < 4.78 is 5.35. The molecule has 0 unspecified atom stereocenters. The summed E-state index contributed by atoms with van der Waals surface area (Å²) in [6.45, 7) is 10.8. The van der Waals surface area contributed by atoms with Gasteiger partial charge in [0.1, 0.15) is 10.5 Å². The van der Waals surface area contributed by atoms with Crippen LogP contribution in [0, 0.1) is 0 Å². The molecule has 5 nitrogen and oxygen atoms in total. The molecule has 2 aromatic rings. The van der Waals surface area contributed by atoms with Crippen molar-refractivity contribution in [2.75, 3.05) is 11.9 Å². The Kier molecular flexibility index (Phi) is 6.15. The molecule has 0 aliphatic carbocycles. The number of nitrogens with two attached hydrogens (primary N) is 1. The van der Waals surface area contributed by atoms with E-state index in [2.05, 4.69) is 38.3 Å². The molecular formula is C23H31N2O3S+. The SMILES string of the molecule is CCOC(=O)c1c(NC(=O)CCc2ccccc2)sc2c1CC(C)(C)[NH2+]C2(C)C. The van der Waals surface area contributed by atoms with Crippen molar-refractivity contribution >= 4 is 28.2 Å². The highest BCUT2D eigenvalue weighted by atomic mass is 32.1. The highest BCUT2D eigenvalue weighted by molar-refractivity contribution is 7.17. The molecule has 0 saturated carbocycles. The van der Waals surface area contributed by atoms with Crippen molar-refractivity contribution in [1.29, 1.82) is 0 Å². The molecule has 1 aromatic carbocycles. The number of rotatable bonds is 6. The molecule has 0 saturated heterocycles. The zero-order valence-corrected chi connectivity index (χ0v) is 18.7. The largest absolute Gasteiger partial charge is 0.462 e. The van der Waals surface area contributed by atoms with Gasteiger partial charge in [0, 0.05) is 12.8 Å². The number of hydrogen-bond donors (Lipinski definition) is 2. The van der Waals surface area contributed by atoms with Gasteiger partial charge in [-0.25, -0.2) is 4.79 Å². The van der Waals surface area contributed by atoms with E-state index in [1.54, 1.807) is 6.92 Å².